The molecule has 0 aliphatic carbocycles. The maximum Gasteiger partial charge on any atom is 0.171 e. The molecule has 88 valence electrons. The Balaban J connectivity index is 2.22. The Bertz CT molecular complexity index is 562. The molecule has 1 nitrogen and oxygen atoms in total. The molecular weight excluding hydrogens is 303 g/mol. The van der Waals surface area contributed by atoms with Crippen LogP contribution >= 0.6 is 27.3 Å². The average molecular weight is 313 g/mol. The Kier molecular flexibility index (Phi) is 3.74. The van der Waals surface area contributed by atoms with Gasteiger partial charge in [-0.25, -0.2) is 4.39 Å². The highest BCUT2D eigenvalue weighted by atomic mass is 79.9. The second-order valence-electron chi connectivity index (χ2n) is 3.81. The molecule has 2 rings (SSSR count). The number of halogens is 2. The molecule has 0 atom stereocenters. The summed E-state index contributed by atoms with van der Waals surface area (Å²) in [4.78, 5) is 12.9. The molecule has 0 aliphatic rings. The standard InChI is InChI=1S/C13H10BrFOS/c1-8-2-3-12(15)11(4-8)13(16)6-10-5-9(14)7-17-10/h2-5,7H,6H2,1H3. The van der Waals surface area contributed by atoms with Crippen molar-refractivity contribution in [3.8, 4) is 0 Å². The van der Waals surface area contributed by atoms with Gasteiger partial charge in [0.1, 0.15) is 5.82 Å². The number of rotatable bonds is 3. The normalized spacial score (nSPS) is 10.5. The largest absolute Gasteiger partial charge is 0.294 e. The van der Waals surface area contributed by atoms with Gasteiger partial charge in [0.15, 0.2) is 5.78 Å². The molecule has 1 aromatic carbocycles. The van der Waals surface area contributed by atoms with Crippen molar-refractivity contribution in [3.05, 3.63) is 55.9 Å². The predicted octanol–water partition coefficient (Wildman–Crippen LogP) is 4.38. The number of thiophene rings is 1. The predicted molar refractivity (Wildman–Crippen MR) is 71.2 cm³/mol. The van der Waals surface area contributed by atoms with Gasteiger partial charge in [0, 0.05) is 21.2 Å². The highest BCUT2D eigenvalue weighted by Gasteiger charge is 2.13. The number of ketones is 1. The van der Waals surface area contributed by atoms with Crippen molar-refractivity contribution in [2.45, 2.75) is 13.3 Å². The molecular formula is C13H10BrFOS. The Morgan fingerprint density at radius 2 is 2.18 bits per heavy atom. The molecule has 0 aliphatic heterocycles. The number of hydrogen-bond donors (Lipinski definition) is 0. The van der Waals surface area contributed by atoms with Crippen LogP contribution in [0.5, 0.6) is 0 Å². The van der Waals surface area contributed by atoms with Crippen LogP contribution < -0.4 is 0 Å². The molecule has 0 radical (unpaired) electrons. The van der Waals surface area contributed by atoms with E-state index < -0.39 is 5.82 Å². The van der Waals surface area contributed by atoms with Gasteiger partial charge in [-0.2, -0.15) is 0 Å². The van der Waals surface area contributed by atoms with Crippen LogP contribution in [-0.2, 0) is 6.42 Å². The van der Waals surface area contributed by atoms with E-state index >= 15 is 0 Å². The van der Waals surface area contributed by atoms with Gasteiger partial charge < -0.3 is 0 Å². The lowest BCUT2D eigenvalue weighted by Crippen LogP contribution is -2.05. The maximum atomic E-state index is 13.5. The van der Waals surface area contributed by atoms with Gasteiger partial charge in [0.05, 0.1) is 5.56 Å². The zero-order chi connectivity index (χ0) is 12.4. The monoisotopic (exact) mass is 312 g/mol. The zero-order valence-electron chi connectivity index (χ0n) is 9.17. The fraction of sp³-hybridized carbons (Fsp3) is 0.154. The van der Waals surface area contributed by atoms with Gasteiger partial charge in [-0.05, 0) is 41.1 Å². The van der Waals surface area contributed by atoms with Gasteiger partial charge in [0.2, 0.25) is 0 Å². The topological polar surface area (TPSA) is 17.1 Å². The van der Waals surface area contributed by atoms with Gasteiger partial charge in [0.25, 0.3) is 0 Å². The number of hydrogen-bond acceptors (Lipinski definition) is 2. The number of aryl methyl sites for hydroxylation is 1. The van der Waals surface area contributed by atoms with E-state index in [1.165, 1.54) is 17.4 Å². The summed E-state index contributed by atoms with van der Waals surface area (Å²) in [6, 6.07) is 6.48. The SMILES string of the molecule is Cc1ccc(F)c(C(=O)Cc2cc(Br)cs2)c1. The van der Waals surface area contributed by atoms with Crippen LogP contribution in [-0.4, -0.2) is 5.78 Å². The first kappa shape index (κ1) is 12.5. The Hall–Kier alpha value is -1.000. The molecule has 1 heterocycles. The number of benzene rings is 1. The molecule has 0 spiro atoms. The lowest BCUT2D eigenvalue weighted by molar-refractivity contribution is 0.0990. The van der Waals surface area contributed by atoms with Crippen molar-refractivity contribution in [3.63, 3.8) is 0 Å². The molecule has 17 heavy (non-hydrogen) atoms. The molecule has 1 aromatic heterocycles. The van der Waals surface area contributed by atoms with E-state index in [1.807, 2.05) is 18.4 Å². The maximum absolute atomic E-state index is 13.5. The molecule has 0 saturated heterocycles. The lowest BCUT2D eigenvalue weighted by Gasteiger charge is -2.02. The molecule has 0 unspecified atom stereocenters. The first-order chi connectivity index (χ1) is 8.06. The van der Waals surface area contributed by atoms with E-state index in [1.54, 1.807) is 12.1 Å². The van der Waals surface area contributed by atoms with Crippen LogP contribution in [0.4, 0.5) is 4.39 Å². The third-order valence-corrected chi connectivity index (χ3v) is 4.08. The van der Waals surface area contributed by atoms with E-state index in [9.17, 15) is 9.18 Å². The Morgan fingerprint density at radius 1 is 1.41 bits per heavy atom. The summed E-state index contributed by atoms with van der Waals surface area (Å²) < 4.78 is 14.5. The van der Waals surface area contributed by atoms with E-state index in [0.717, 1.165) is 14.9 Å². The van der Waals surface area contributed by atoms with Crippen molar-refractivity contribution in [2.75, 3.05) is 0 Å². The average Bonchev–Trinajstić information content (AvgIpc) is 2.67. The second-order valence-corrected chi connectivity index (χ2v) is 5.73. The molecule has 0 amide bonds. The number of Topliss-reactive ketones (excluding diaryl/α,β-unsaturated/α-hetero) is 1. The minimum Gasteiger partial charge on any atom is -0.294 e. The number of carbonyl (C=O) groups excluding carboxylic acids is 1. The fourth-order valence-electron chi connectivity index (χ4n) is 1.55. The number of carbonyl (C=O) groups is 1. The van der Waals surface area contributed by atoms with Crippen LogP contribution in [0.2, 0.25) is 0 Å². The Morgan fingerprint density at radius 3 is 2.82 bits per heavy atom. The van der Waals surface area contributed by atoms with Crippen LogP contribution in [0.3, 0.4) is 0 Å². The van der Waals surface area contributed by atoms with E-state index in [4.69, 9.17) is 0 Å². The summed E-state index contributed by atoms with van der Waals surface area (Å²) in [5.74, 6) is -0.628. The summed E-state index contributed by atoms with van der Waals surface area (Å²) in [7, 11) is 0. The fourth-order valence-corrected chi connectivity index (χ4v) is 3.00. The Labute approximate surface area is 111 Å². The minimum atomic E-state index is -0.448. The summed E-state index contributed by atoms with van der Waals surface area (Å²) >= 11 is 4.82. The van der Waals surface area contributed by atoms with Crippen molar-refractivity contribution < 1.29 is 9.18 Å². The zero-order valence-corrected chi connectivity index (χ0v) is 11.6. The van der Waals surface area contributed by atoms with Gasteiger partial charge >= 0.3 is 0 Å². The quantitative estimate of drug-likeness (QED) is 0.768. The second kappa shape index (κ2) is 5.10. The van der Waals surface area contributed by atoms with Crippen molar-refractivity contribution in [2.24, 2.45) is 0 Å². The van der Waals surface area contributed by atoms with Crippen LogP contribution in [0.1, 0.15) is 20.8 Å². The van der Waals surface area contributed by atoms with Crippen LogP contribution in [0, 0.1) is 12.7 Å². The molecule has 4 heteroatoms. The lowest BCUT2D eigenvalue weighted by atomic mass is 10.0. The van der Waals surface area contributed by atoms with Gasteiger partial charge in [-0.1, -0.05) is 11.6 Å². The molecule has 0 bridgehead atoms. The van der Waals surface area contributed by atoms with Crippen LogP contribution in [0.25, 0.3) is 0 Å². The van der Waals surface area contributed by atoms with Crippen molar-refractivity contribution >= 4 is 33.0 Å². The summed E-state index contributed by atoms with van der Waals surface area (Å²) in [6.45, 7) is 1.85. The van der Waals surface area contributed by atoms with E-state index in [2.05, 4.69) is 15.9 Å². The highest BCUT2D eigenvalue weighted by Crippen LogP contribution is 2.22. The first-order valence-electron chi connectivity index (χ1n) is 5.08. The molecule has 2 aromatic rings. The smallest absolute Gasteiger partial charge is 0.171 e. The van der Waals surface area contributed by atoms with Crippen LogP contribution in [0.15, 0.2) is 34.1 Å². The summed E-state index contributed by atoms with van der Waals surface area (Å²) in [5.41, 5.74) is 1.07. The van der Waals surface area contributed by atoms with E-state index in [0.29, 0.717) is 0 Å². The molecule has 0 fully saturated rings. The third kappa shape index (κ3) is 3.01. The highest BCUT2D eigenvalue weighted by molar-refractivity contribution is 9.10. The van der Waals surface area contributed by atoms with Gasteiger partial charge in [-0.15, -0.1) is 11.3 Å². The third-order valence-electron chi connectivity index (χ3n) is 2.38. The van der Waals surface area contributed by atoms with Crippen molar-refractivity contribution in [1.82, 2.24) is 0 Å². The molecule has 0 N–H and O–H groups in total. The molecule has 0 saturated carbocycles. The van der Waals surface area contributed by atoms with Gasteiger partial charge in [-0.3, -0.25) is 4.79 Å². The minimum absolute atomic E-state index is 0.175. The first-order valence-corrected chi connectivity index (χ1v) is 6.76. The summed E-state index contributed by atoms with van der Waals surface area (Å²) in [5, 5.41) is 1.91. The van der Waals surface area contributed by atoms with Crippen molar-refractivity contribution in [1.29, 1.82) is 0 Å². The van der Waals surface area contributed by atoms with E-state index in [-0.39, 0.29) is 17.8 Å². The summed E-state index contributed by atoms with van der Waals surface area (Å²) in [6.07, 6.45) is 0.247.